The van der Waals surface area contributed by atoms with E-state index in [1.807, 2.05) is 20.8 Å². The number of esters is 1. The van der Waals surface area contributed by atoms with Gasteiger partial charge in [0.25, 0.3) is 0 Å². The van der Waals surface area contributed by atoms with E-state index in [-0.39, 0.29) is 18.0 Å². The van der Waals surface area contributed by atoms with Crippen molar-refractivity contribution in [3.05, 3.63) is 0 Å². The summed E-state index contributed by atoms with van der Waals surface area (Å²) in [4.78, 5) is 11.0. The van der Waals surface area contributed by atoms with Crippen LogP contribution >= 0.6 is 22.6 Å². The summed E-state index contributed by atoms with van der Waals surface area (Å²) in [6, 6.07) is 0. The Labute approximate surface area is 75.5 Å². The van der Waals surface area contributed by atoms with Crippen molar-refractivity contribution in [1.82, 2.24) is 0 Å². The average molecular weight is 256 g/mol. The van der Waals surface area contributed by atoms with E-state index >= 15 is 0 Å². The molecule has 0 bridgehead atoms. The van der Waals surface area contributed by atoms with Gasteiger partial charge in [0.2, 0.25) is 0 Å². The van der Waals surface area contributed by atoms with E-state index in [2.05, 4.69) is 22.6 Å². The van der Waals surface area contributed by atoms with Gasteiger partial charge in [-0.1, -0.05) is 29.5 Å². The smallest absolute Gasteiger partial charge is 0.309 e. The largest absolute Gasteiger partial charge is 0.463 e. The summed E-state index contributed by atoms with van der Waals surface area (Å²) in [5, 5.41) is 0. The molecular weight excluding hydrogens is 243 g/mol. The second kappa shape index (κ2) is 4.93. The molecule has 0 saturated heterocycles. The molecule has 0 spiro atoms. The molecule has 0 saturated carbocycles. The normalized spacial score (nSPS) is 13.3. The van der Waals surface area contributed by atoms with E-state index in [1.54, 1.807) is 0 Å². The lowest BCUT2D eigenvalue weighted by Gasteiger charge is -2.10. The van der Waals surface area contributed by atoms with Crippen LogP contribution in [-0.2, 0) is 9.53 Å². The van der Waals surface area contributed by atoms with Crippen LogP contribution in [0.15, 0.2) is 0 Å². The summed E-state index contributed by atoms with van der Waals surface area (Å²) in [5.41, 5.74) is 0. The number of alkyl halides is 1. The third kappa shape index (κ3) is 4.09. The summed E-state index contributed by atoms with van der Waals surface area (Å²) in [6.07, 6.45) is 0.0119. The van der Waals surface area contributed by atoms with Crippen LogP contribution in [0, 0.1) is 5.92 Å². The second-order valence-corrected chi connectivity index (χ2v) is 3.42. The van der Waals surface area contributed by atoms with Crippen LogP contribution in [-0.4, -0.2) is 16.5 Å². The highest BCUT2D eigenvalue weighted by molar-refractivity contribution is 14.1. The Morgan fingerprint density at radius 1 is 1.50 bits per heavy atom. The van der Waals surface area contributed by atoms with Crippen molar-refractivity contribution in [2.75, 3.05) is 4.43 Å². The highest BCUT2D eigenvalue weighted by Gasteiger charge is 2.13. The van der Waals surface area contributed by atoms with Crippen molar-refractivity contribution in [3.63, 3.8) is 0 Å². The minimum atomic E-state index is -0.0931. The van der Waals surface area contributed by atoms with Gasteiger partial charge < -0.3 is 4.74 Å². The molecule has 0 amide bonds. The zero-order chi connectivity index (χ0) is 8.15. The lowest BCUT2D eigenvalue weighted by molar-refractivity contribution is -0.150. The molecule has 0 aromatic heterocycles. The van der Waals surface area contributed by atoms with E-state index in [4.69, 9.17) is 4.74 Å². The molecule has 0 rings (SSSR count). The van der Waals surface area contributed by atoms with Crippen LogP contribution in [0.25, 0.3) is 0 Å². The molecule has 0 aromatic rings. The van der Waals surface area contributed by atoms with Gasteiger partial charge in [-0.25, -0.2) is 0 Å². The standard InChI is InChI=1S/C7H13IO2/c1-5(2)10-7(9)6(3)4-8/h5-6H,4H2,1-3H3. The number of carbonyl (C=O) groups is 1. The van der Waals surface area contributed by atoms with E-state index in [9.17, 15) is 4.79 Å². The van der Waals surface area contributed by atoms with Crippen molar-refractivity contribution >= 4 is 28.6 Å². The minimum Gasteiger partial charge on any atom is -0.463 e. The summed E-state index contributed by atoms with van der Waals surface area (Å²) in [5.74, 6) is -0.0626. The SMILES string of the molecule is CC(C)OC(=O)C(C)CI. The predicted octanol–water partition coefficient (Wildman–Crippen LogP) is 2.01. The van der Waals surface area contributed by atoms with Gasteiger partial charge in [0.1, 0.15) is 0 Å². The molecule has 1 atom stereocenters. The summed E-state index contributed by atoms with van der Waals surface area (Å²) in [7, 11) is 0. The van der Waals surface area contributed by atoms with Gasteiger partial charge in [-0.2, -0.15) is 0 Å². The highest BCUT2D eigenvalue weighted by Crippen LogP contribution is 2.04. The molecule has 0 aromatic carbocycles. The van der Waals surface area contributed by atoms with Gasteiger partial charge in [0.15, 0.2) is 0 Å². The molecule has 2 nitrogen and oxygen atoms in total. The van der Waals surface area contributed by atoms with Crippen LogP contribution in [0.3, 0.4) is 0 Å². The second-order valence-electron chi connectivity index (χ2n) is 2.54. The lowest BCUT2D eigenvalue weighted by atomic mass is 10.2. The summed E-state index contributed by atoms with van der Waals surface area (Å²) >= 11 is 2.17. The number of hydrogen-bond donors (Lipinski definition) is 0. The maximum Gasteiger partial charge on any atom is 0.309 e. The fraction of sp³-hybridized carbons (Fsp3) is 0.857. The maximum atomic E-state index is 11.0. The van der Waals surface area contributed by atoms with Crippen molar-refractivity contribution in [2.45, 2.75) is 26.9 Å². The first-order valence-electron chi connectivity index (χ1n) is 3.34. The monoisotopic (exact) mass is 256 g/mol. The summed E-state index contributed by atoms with van der Waals surface area (Å²) < 4.78 is 5.78. The van der Waals surface area contributed by atoms with Crippen LogP contribution < -0.4 is 0 Å². The number of carbonyl (C=O) groups excluding carboxylic acids is 1. The average Bonchev–Trinajstić information content (AvgIpc) is 1.85. The van der Waals surface area contributed by atoms with Crippen molar-refractivity contribution in [1.29, 1.82) is 0 Å². The lowest BCUT2D eigenvalue weighted by Crippen LogP contribution is -2.19. The molecule has 10 heavy (non-hydrogen) atoms. The van der Waals surface area contributed by atoms with Gasteiger partial charge in [0, 0.05) is 4.43 Å². The molecular formula is C7H13IO2. The van der Waals surface area contributed by atoms with Gasteiger partial charge in [-0.15, -0.1) is 0 Å². The van der Waals surface area contributed by atoms with Crippen molar-refractivity contribution in [3.8, 4) is 0 Å². The van der Waals surface area contributed by atoms with Crippen LogP contribution in [0.5, 0.6) is 0 Å². The van der Waals surface area contributed by atoms with E-state index < -0.39 is 0 Å². The molecule has 0 aliphatic carbocycles. The third-order valence-electron chi connectivity index (χ3n) is 0.986. The molecule has 0 fully saturated rings. The Morgan fingerprint density at radius 2 is 2.00 bits per heavy atom. The Balaban J connectivity index is 3.62. The number of rotatable bonds is 3. The fourth-order valence-electron chi connectivity index (χ4n) is 0.411. The Bertz CT molecular complexity index is 112. The highest BCUT2D eigenvalue weighted by atomic mass is 127. The molecule has 3 heteroatoms. The Kier molecular flexibility index (Phi) is 5.03. The topological polar surface area (TPSA) is 26.3 Å². The van der Waals surface area contributed by atoms with Gasteiger partial charge in [-0.3, -0.25) is 4.79 Å². The van der Waals surface area contributed by atoms with E-state index in [0.717, 1.165) is 4.43 Å². The number of halogens is 1. The summed E-state index contributed by atoms with van der Waals surface area (Å²) in [6.45, 7) is 5.59. The Hall–Kier alpha value is 0.200. The van der Waals surface area contributed by atoms with Crippen LogP contribution in [0.4, 0.5) is 0 Å². The molecule has 0 radical (unpaired) electrons. The van der Waals surface area contributed by atoms with Crippen molar-refractivity contribution in [2.24, 2.45) is 5.92 Å². The van der Waals surface area contributed by atoms with Gasteiger partial charge in [-0.05, 0) is 13.8 Å². The molecule has 0 heterocycles. The quantitative estimate of drug-likeness (QED) is 0.438. The first-order valence-corrected chi connectivity index (χ1v) is 4.87. The molecule has 0 N–H and O–H groups in total. The van der Waals surface area contributed by atoms with Gasteiger partial charge in [0.05, 0.1) is 12.0 Å². The molecule has 1 unspecified atom stereocenters. The third-order valence-corrected chi connectivity index (χ3v) is 2.31. The van der Waals surface area contributed by atoms with Crippen LogP contribution in [0.1, 0.15) is 20.8 Å². The van der Waals surface area contributed by atoms with Gasteiger partial charge >= 0.3 is 5.97 Å². The fourth-order valence-corrected chi connectivity index (χ4v) is 0.771. The zero-order valence-corrected chi connectivity index (χ0v) is 8.71. The maximum absolute atomic E-state index is 11.0. The Morgan fingerprint density at radius 3 is 2.30 bits per heavy atom. The minimum absolute atomic E-state index is 0.0119. The first kappa shape index (κ1) is 10.2. The molecule has 0 aliphatic heterocycles. The van der Waals surface area contributed by atoms with Crippen molar-refractivity contribution < 1.29 is 9.53 Å². The van der Waals surface area contributed by atoms with Crippen LogP contribution in [0.2, 0.25) is 0 Å². The first-order chi connectivity index (χ1) is 4.57. The van der Waals surface area contributed by atoms with E-state index in [1.165, 1.54) is 0 Å². The molecule has 0 aliphatic rings. The number of hydrogen-bond acceptors (Lipinski definition) is 2. The molecule has 60 valence electrons. The number of ether oxygens (including phenoxy) is 1. The zero-order valence-electron chi connectivity index (χ0n) is 6.56. The van der Waals surface area contributed by atoms with E-state index in [0.29, 0.717) is 0 Å². The predicted molar refractivity (Wildman–Crippen MR) is 49.3 cm³/mol.